The number of pyridine rings is 1. The number of thiophene rings is 1. The normalized spacial score (nSPS) is 14.8. The molecule has 0 aromatic carbocycles. The Hall–Kier alpha value is -2.03. The van der Waals surface area contributed by atoms with E-state index in [4.69, 9.17) is 10.7 Å². The number of nitrogen functional groups attached to an aromatic ring is 1. The fraction of sp³-hybridized carbons (Fsp3) is 0.312. The van der Waals surface area contributed by atoms with E-state index in [0.717, 1.165) is 41.1 Å². The molecule has 6 nitrogen and oxygen atoms in total. The maximum atomic E-state index is 12.5. The van der Waals surface area contributed by atoms with Gasteiger partial charge in [-0.3, -0.25) is 10.1 Å². The van der Waals surface area contributed by atoms with Crippen molar-refractivity contribution in [3.8, 4) is 0 Å². The number of amides is 1. The summed E-state index contributed by atoms with van der Waals surface area (Å²) in [5, 5.41) is 6.18. The molecular weight excluding hydrogens is 342 g/mol. The maximum Gasteiger partial charge on any atom is 0.269 e. The SMILES string of the molecule is Cc1csc(NC(=O)c2sc3nc4c(cc3c2N)CN(C)CC4)n1. The predicted octanol–water partition coefficient (Wildman–Crippen LogP) is 2.88. The van der Waals surface area contributed by atoms with Gasteiger partial charge in [-0.2, -0.15) is 0 Å². The van der Waals surface area contributed by atoms with Crippen LogP contribution in [-0.4, -0.2) is 34.4 Å². The second kappa shape index (κ2) is 5.80. The van der Waals surface area contributed by atoms with Crippen molar-refractivity contribution in [1.29, 1.82) is 0 Å². The fourth-order valence-electron chi connectivity index (χ4n) is 2.87. The Labute approximate surface area is 147 Å². The number of aromatic nitrogens is 2. The molecular formula is C16H17N5OS2. The summed E-state index contributed by atoms with van der Waals surface area (Å²) in [6, 6.07) is 2.09. The van der Waals surface area contributed by atoms with Crippen LogP contribution in [0.1, 0.15) is 26.6 Å². The minimum absolute atomic E-state index is 0.222. The molecule has 0 aliphatic carbocycles. The molecule has 0 spiro atoms. The van der Waals surface area contributed by atoms with Gasteiger partial charge >= 0.3 is 0 Å². The number of carbonyl (C=O) groups excluding carboxylic acids is 1. The Balaban J connectivity index is 1.71. The molecule has 0 saturated carbocycles. The first-order valence-corrected chi connectivity index (χ1v) is 9.33. The van der Waals surface area contributed by atoms with Gasteiger partial charge in [0.1, 0.15) is 9.71 Å². The van der Waals surface area contributed by atoms with Gasteiger partial charge in [-0.25, -0.2) is 9.97 Å². The number of likely N-dealkylation sites (N-methyl/N-ethyl adjacent to an activating group) is 1. The summed E-state index contributed by atoms with van der Waals surface area (Å²) < 4.78 is 0. The molecule has 0 unspecified atom stereocenters. The summed E-state index contributed by atoms with van der Waals surface area (Å²) in [5.41, 5.74) is 9.95. The molecule has 0 bridgehead atoms. The van der Waals surface area contributed by atoms with Crippen LogP contribution in [-0.2, 0) is 13.0 Å². The lowest BCUT2D eigenvalue weighted by molar-refractivity contribution is 0.103. The number of carbonyl (C=O) groups is 1. The van der Waals surface area contributed by atoms with Crippen molar-refractivity contribution in [3.05, 3.63) is 33.3 Å². The summed E-state index contributed by atoms with van der Waals surface area (Å²) in [6.45, 7) is 3.77. The average Bonchev–Trinajstić information content (AvgIpc) is 3.09. The van der Waals surface area contributed by atoms with Crippen LogP contribution in [0.5, 0.6) is 0 Å². The molecule has 4 rings (SSSR count). The van der Waals surface area contributed by atoms with Crippen LogP contribution in [0.2, 0.25) is 0 Å². The van der Waals surface area contributed by atoms with Crippen LogP contribution in [0.15, 0.2) is 11.4 Å². The van der Waals surface area contributed by atoms with Crippen LogP contribution in [0.25, 0.3) is 10.2 Å². The first kappa shape index (κ1) is 15.5. The monoisotopic (exact) mass is 359 g/mol. The second-order valence-electron chi connectivity index (χ2n) is 6.03. The summed E-state index contributed by atoms with van der Waals surface area (Å²) >= 11 is 2.75. The molecule has 0 radical (unpaired) electrons. The van der Waals surface area contributed by atoms with Gasteiger partial charge in [0.2, 0.25) is 0 Å². The van der Waals surface area contributed by atoms with Crippen molar-refractivity contribution < 1.29 is 4.79 Å². The fourth-order valence-corrected chi connectivity index (χ4v) is 4.55. The number of fused-ring (bicyclic) bond motifs is 2. The molecule has 124 valence electrons. The van der Waals surface area contributed by atoms with E-state index in [-0.39, 0.29) is 5.91 Å². The molecule has 8 heteroatoms. The van der Waals surface area contributed by atoms with E-state index in [2.05, 4.69) is 28.3 Å². The van der Waals surface area contributed by atoms with Crippen molar-refractivity contribution in [1.82, 2.24) is 14.9 Å². The number of nitrogens with zero attached hydrogens (tertiary/aromatic N) is 3. The number of nitrogens with one attached hydrogen (secondary N) is 1. The zero-order valence-corrected chi connectivity index (χ0v) is 15.1. The third-order valence-corrected chi connectivity index (χ3v) is 6.10. The first-order chi connectivity index (χ1) is 11.5. The quantitative estimate of drug-likeness (QED) is 0.735. The zero-order valence-electron chi connectivity index (χ0n) is 13.4. The number of anilines is 2. The molecule has 0 atom stereocenters. The third-order valence-electron chi connectivity index (χ3n) is 4.11. The molecule has 4 heterocycles. The number of rotatable bonds is 2. The lowest BCUT2D eigenvalue weighted by atomic mass is 10.0. The van der Waals surface area contributed by atoms with Gasteiger partial charge in [-0.1, -0.05) is 0 Å². The lowest BCUT2D eigenvalue weighted by Gasteiger charge is -2.24. The van der Waals surface area contributed by atoms with Gasteiger partial charge < -0.3 is 10.6 Å². The summed E-state index contributed by atoms with van der Waals surface area (Å²) in [5.74, 6) is -0.222. The minimum atomic E-state index is -0.222. The number of hydrogen-bond donors (Lipinski definition) is 2. The summed E-state index contributed by atoms with van der Waals surface area (Å²) in [4.78, 5) is 25.1. The van der Waals surface area contributed by atoms with Crippen LogP contribution in [0, 0.1) is 6.92 Å². The van der Waals surface area contributed by atoms with E-state index >= 15 is 0 Å². The van der Waals surface area contributed by atoms with Crippen molar-refractivity contribution in [2.24, 2.45) is 0 Å². The number of aryl methyl sites for hydroxylation is 1. The molecule has 0 saturated heterocycles. The van der Waals surface area contributed by atoms with E-state index in [9.17, 15) is 4.79 Å². The number of hydrogen-bond acceptors (Lipinski definition) is 7. The minimum Gasteiger partial charge on any atom is -0.397 e. The van der Waals surface area contributed by atoms with E-state index in [1.807, 2.05) is 12.3 Å². The third kappa shape index (κ3) is 2.66. The summed E-state index contributed by atoms with van der Waals surface area (Å²) in [6.07, 6.45) is 0.930. The molecule has 3 aromatic heterocycles. The highest BCUT2D eigenvalue weighted by Gasteiger charge is 2.22. The van der Waals surface area contributed by atoms with Crippen molar-refractivity contribution >= 4 is 49.6 Å². The van der Waals surface area contributed by atoms with Crippen molar-refractivity contribution in [2.45, 2.75) is 19.9 Å². The highest BCUT2D eigenvalue weighted by atomic mass is 32.1. The van der Waals surface area contributed by atoms with Gasteiger partial charge in [0.25, 0.3) is 5.91 Å². The molecule has 0 fully saturated rings. The first-order valence-electron chi connectivity index (χ1n) is 7.64. The molecule has 1 aliphatic rings. The van der Waals surface area contributed by atoms with Gasteiger partial charge in [-0.05, 0) is 25.6 Å². The highest BCUT2D eigenvalue weighted by molar-refractivity contribution is 7.21. The van der Waals surface area contributed by atoms with Crippen molar-refractivity contribution in [2.75, 3.05) is 24.6 Å². The van der Waals surface area contributed by atoms with E-state index in [1.165, 1.54) is 28.2 Å². The van der Waals surface area contributed by atoms with E-state index < -0.39 is 0 Å². The lowest BCUT2D eigenvalue weighted by Crippen LogP contribution is -2.27. The summed E-state index contributed by atoms with van der Waals surface area (Å²) in [7, 11) is 2.10. The van der Waals surface area contributed by atoms with Crippen LogP contribution < -0.4 is 11.1 Å². The van der Waals surface area contributed by atoms with Crippen molar-refractivity contribution in [3.63, 3.8) is 0 Å². The van der Waals surface area contributed by atoms with Gasteiger partial charge in [0.05, 0.1) is 11.4 Å². The van der Waals surface area contributed by atoms with Gasteiger partial charge in [0.15, 0.2) is 5.13 Å². The average molecular weight is 359 g/mol. The topological polar surface area (TPSA) is 84.1 Å². The standard InChI is InChI=1S/C16H17N5OS2/c1-8-7-23-16(18-8)20-14(22)13-12(17)10-5-9-6-21(2)4-3-11(9)19-15(10)24-13/h5,7H,3-4,6,17H2,1-2H3,(H,18,20,22). The molecule has 3 aromatic rings. The predicted molar refractivity (Wildman–Crippen MR) is 98.9 cm³/mol. The molecule has 1 aliphatic heterocycles. The Morgan fingerprint density at radius 3 is 3.00 bits per heavy atom. The van der Waals surface area contributed by atoms with Gasteiger partial charge in [-0.15, -0.1) is 22.7 Å². The Bertz CT molecular complexity index is 945. The largest absolute Gasteiger partial charge is 0.397 e. The Kier molecular flexibility index (Phi) is 3.75. The maximum absolute atomic E-state index is 12.5. The van der Waals surface area contributed by atoms with Crippen LogP contribution in [0.3, 0.4) is 0 Å². The molecule has 1 amide bonds. The smallest absolute Gasteiger partial charge is 0.269 e. The van der Waals surface area contributed by atoms with E-state index in [1.54, 1.807) is 0 Å². The second-order valence-corrected chi connectivity index (χ2v) is 7.88. The molecule has 3 N–H and O–H groups in total. The number of nitrogens with two attached hydrogens (primary N) is 1. The van der Waals surface area contributed by atoms with Gasteiger partial charge in [0, 0.05) is 36.0 Å². The highest BCUT2D eigenvalue weighted by Crippen LogP contribution is 2.35. The van der Waals surface area contributed by atoms with Crippen LogP contribution in [0.4, 0.5) is 10.8 Å². The number of thiazole rings is 1. The Morgan fingerprint density at radius 2 is 2.25 bits per heavy atom. The zero-order chi connectivity index (χ0) is 16.8. The Morgan fingerprint density at radius 1 is 1.42 bits per heavy atom. The van der Waals surface area contributed by atoms with Crippen LogP contribution >= 0.6 is 22.7 Å². The molecule has 24 heavy (non-hydrogen) atoms. The van der Waals surface area contributed by atoms with E-state index in [0.29, 0.717) is 15.7 Å².